The topological polar surface area (TPSA) is 67.9 Å². The Bertz CT molecular complexity index is 549. The van der Waals surface area contributed by atoms with Gasteiger partial charge >= 0.3 is 0 Å². The third-order valence-electron chi connectivity index (χ3n) is 2.28. The number of hydrogen-bond acceptors (Lipinski definition) is 5. The molecule has 0 atom stereocenters. The molecule has 1 heterocycles. The smallest absolute Gasteiger partial charge is 0.230 e. The van der Waals surface area contributed by atoms with E-state index in [1.807, 2.05) is 56.6 Å². The van der Waals surface area contributed by atoms with Gasteiger partial charge in [-0.2, -0.15) is 15.0 Å². The number of anilines is 2. The summed E-state index contributed by atoms with van der Waals surface area (Å²) in [5.74, 6) is 1.33. The van der Waals surface area contributed by atoms with Crippen LogP contribution in [-0.4, -0.2) is 29.0 Å². The average Bonchev–Trinajstić information content (AvgIpc) is 2.37. The number of hydrogen-bond donors (Lipinski definition) is 1. The summed E-state index contributed by atoms with van der Waals surface area (Å²) in [6, 6.07) is 9.95. The number of aromatic nitrogens is 3. The summed E-state index contributed by atoms with van der Waals surface area (Å²) in [5, 5.41) is 0. The van der Waals surface area contributed by atoms with E-state index in [-0.39, 0.29) is 5.95 Å². The summed E-state index contributed by atoms with van der Waals surface area (Å²) in [5.41, 5.74) is 6.73. The lowest BCUT2D eigenvalue weighted by atomic mass is 10.2. The highest BCUT2D eigenvalue weighted by Gasteiger charge is 2.03. The Morgan fingerprint density at radius 3 is 2.39 bits per heavy atom. The van der Waals surface area contributed by atoms with Crippen molar-refractivity contribution in [2.75, 3.05) is 24.7 Å². The first-order valence-electron chi connectivity index (χ1n) is 5.57. The molecule has 1 aromatic carbocycles. The second-order valence-corrected chi connectivity index (χ2v) is 3.99. The third kappa shape index (κ3) is 3.04. The van der Waals surface area contributed by atoms with Crippen LogP contribution in [0.1, 0.15) is 11.4 Å². The quantitative estimate of drug-likeness (QED) is 0.885. The Morgan fingerprint density at radius 2 is 1.72 bits per heavy atom. The van der Waals surface area contributed by atoms with Crippen LogP contribution in [0.15, 0.2) is 30.3 Å². The van der Waals surface area contributed by atoms with Crippen LogP contribution in [0, 0.1) is 0 Å². The molecule has 1 aromatic heterocycles. The third-order valence-corrected chi connectivity index (χ3v) is 2.28. The van der Waals surface area contributed by atoms with Crippen LogP contribution in [0.3, 0.4) is 0 Å². The zero-order valence-corrected chi connectivity index (χ0v) is 10.4. The molecule has 0 saturated carbocycles. The Morgan fingerprint density at radius 1 is 1.00 bits per heavy atom. The van der Waals surface area contributed by atoms with Crippen LogP contribution in [0.5, 0.6) is 0 Å². The second kappa shape index (κ2) is 5.27. The Balaban J connectivity index is 2.26. The average molecular weight is 241 g/mol. The maximum absolute atomic E-state index is 5.64. The molecule has 2 N–H and O–H groups in total. The van der Waals surface area contributed by atoms with E-state index in [1.165, 1.54) is 0 Å². The molecule has 0 bridgehead atoms. The van der Waals surface area contributed by atoms with E-state index in [0.717, 1.165) is 5.56 Å². The van der Waals surface area contributed by atoms with Crippen molar-refractivity contribution in [3.63, 3.8) is 0 Å². The fourth-order valence-corrected chi connectivity index (χ4v) is 1.41. The summed E-state index contributed by atoms with van der Waals surface area (Å²) in [7, 11) is 3.72. The molecular weight excluding hydrogens is 226 g/mol. The zero-order chi connectivity index (χ0) is 13.0. The summed E-state index contributed by atoms with van der Waals surface area (Å²) in [6.07, 6.45) is 3.76. The van der Waals surface area contributed by atoms with E-state index in [1.54, 1.807) is 4.90 Å². The minimum absolute atomic E-state index is 0.224. The lowest BCUT2D eigenvalue weighted by molar-refractivity contribution is 0.955. The molecule has 0 saturated heterocycles. The lowest BCUT2D eigenvalue weighted by Gasteiger charge is -2.09. The van der Waals surface area contributed by atoms with Crippen molar-refractivity contribution in [3.8, 4) is 0 Å². The van der Waals surface area contributed by atoms with Gasteiger partial charge in [-0.15, -0.1) is 0 Å². The first kappa shape index (κ1) is 12.0. The molecule has 0 radical (unpaired) electrons. The summed E-state index contributed by atoms with van der Waals surface area (Å²) >= 11 is 0. The standard InChI is InChI=1S/C13H15N5/c1-18(2)13-16-11(15-12(14)17-13)9-8-10-6-4-3-5-7-10/h3-9H,1-2H3,(H2,14,15,16,17). The normalized spacial score (nSPS) is 10.8. The molecule has 0 unspecified atom stereocenters. The molecule has 0 aliphatic heterocycles. The molecule has 5 heteroatoms. The first-order valence-corrected chi connectivity index (χ1v) is 5.57. The second-order valence-electron chi connectivity index (χ2n) is 3.99. The van der Waals surface area contributed by atoms with Gasteiger partial charge in [-0.25, -0.2) is 0 Å². The monoisotopic (exact) mass is 241 g/mol. The van der Waals surface area contributed by atoms with Crippen molar-refractivity contribution in [2.45, 2.75) is 0 Å². The maximum Gasteiger partial charge on any atom is 0.230 e. The van der Waals surface area contributed by atoms with E-state index < -0.39 is 0 Å². The van der Waals surface area contributed by atoms with Gasteiger partial charge in [0, 0.05) is 14.1 Å². The number of benzene rings is 1. The SMILES string of the molecule is CN(C)c1nc(N)nc(C=Cc2ccccc2)n1. The molecule has 5 nitrogen and oxygen atoms in total. The summed E-state index contributed by atoms with van der Waals surface area (Å²) in [4.78, 5) is 14.2. The van der Waals surface area contributed by atoms with E-state index in [4.69, 9.17) is 5.73 Å². The Kier molecular flexibility index (Phi) is 3.52. The van der Waals surface area contributed by atoms with Crippen molar-refractivity contribution in [1.82, 2.24) is 15.0 Å². The zero-order valence-electron chi connectivity index (χ0n) is 10.4. The molecule has 0 fully saturated rings. The minimum Gasteiger partial charge on any atom is -0.368 e. The molecule has 0 amide bonds. The largest absolute Gasteiger partial charge is 0.368 e. The van der Waals surface area contributed by atoms with Crippen molar-refractivity contribution in [1.29, 1.82) is 0 Å². The molecular formula is C13H15N5. The predicted molar refractivity (Wildman–Crippen MR) is 73.9 cm³/mol. The van der Waals surface area contributed by atoms with Crippen LogP contribution in [-0.2, 0) is 0 Å². The van der Waals surface area contributed by atoms with Crippen LogP contribution in [0.4, 0.5) is 11.9 Å². The lowest BCUT2D eigenvalue weighted by Crippen LogP contribution is -2.15. The van der Waals surface area contributed by atoms with Crippen molar-refractivity contribution in [3.05, 3.63) is 41.7 Å². The number of nitrogen functional groups attached to an aromatic ring is 1. The van der Waals surface area contributed by atoms with Crippen molar-refractivity contribution in [2.24, 2.45) is 0 Å². The van der Waals surface area contributed by atoms with Gasteiger partial charge in [0.05, 0.1) is 0 Å². The number of rotatable bonds is 3. The first-order chi connectivity index (χ1) is 8.65. The van der Waals surface area contributed by atoms with Crippen molar-refractivity contribution >= 4 is 24.0 Å². The van der Waals surface area contributed by atoms with Crippen molar-refractivity contribution < 1.29 is 0 Å². The predicted octanol–water partition coefficient (Wildman–Crippen LogP) is 1.69. The molecule has 0 aliphatic carbocycles. The van der Waals surface area contributed by atoms with Gasteiger partial charge in [0.25, 0.3) is 0 Å². The minimum atomic E-state index is 0.224. The Hall–Kier alpha value is -2.43. The van der Waals surface area contributed by atoms with Gasteiger partial charge in [0.15, 0.2) is 5.82 Å². The van der Waals surface area contributed by atoms with E-state index >= 15 is 0 Å². The fraction of sp³-hybridized carbons (Fsp3) is 0.154. The van der Waals surface area contributed by atoms with Crippen LogP contribution in [0.2, 0.25) is 0 Å². The summed E-state index contributed by atoms with van der Waals surface area (Å²) < 4.78 is 0. The van der Waals surface area contributed by atoms with Gasteiger partial charge in [-0.05, 0) is 11.6 Å². The molecule has 0 aliphatic rings. The molecule has 2 aromatic rings. The van der Waals surface area contributed by atoms with Gasteiger partial charge in [-0.3, -0.25) is 0 Å². The van der Waals surface area contributed by atoms with E-state index in [0.29, 0.717) is 11.8 Å². The van der Waals surface area contributed by atoms with Gasteiger partial charge in [-0.1, -0.05) is 36.4 Å². The number of nitrogens with zero attached hydrogens (tertiary/aromatic N) is 4. The van der Waals surface area contributed by atoms with Gasteiger partial charge < -0.3 is 10.6 Å². The van der Waals surface area contributed by atoms with Crippen LogP contribution in [0.25, 0.3) is 12.2 Å². The maximum atomic E-state index is 5.64. The number of nitrogens with two attached hydrogens (primary N) is 1. The highest BCUT2D eigenvalue weighted by Crippen LogP contribution is 2.09. The van der Waals surface area contributed by atoms with Gasteiger partial charge in [0.1, 0.15) is 0 Å². The molecule has 0 spiro atoms. The Labute approximate surface area is 106 Å². The van der Waals surface area contributed by atoms with Crippen LogP contribution >= 0.6 is 0 Å². The molecule has 2 rings (SSSR count). The highest BCUT2D eigenvalue weighted by molar-refractivity contribution is 5.67. The summed E-state index contributed by atoms with van der Waals surface area (Å²) in [6.45, 7) is 0. The molecule has 92 valence electrons. The van der Waals surface area contributed by atoms with E-state index in [9.17, 15) is 0 Å². The molecule has 18 heavy (non-hydrogen) atoms. The van der Waals surface area contributed by atoms with Crippen LogP contribution < -0.4 is 10.6 Å². The van der Waals surface area contributed by atoms with Gasteiger partial charge in [0.2, 0.25) is 11.9 Å². The highest BCUT2D eigenvalue weighted by atomic mass is 15.3. The fourth-order valence-electron chi connectivity index (χ4n) is 1.41. The van der Waals surface area contributed by atoms with E-state index in [2.05, 4.69) is 15.0 Å².